The number of halogens is 1. The summed E-state index contributed by atoms with van der Waals surface area (Å²) >= 11 is 3.19. The number of pyridine rings is 1. The first-order valence-corrected chi connectivity index (χ1v) is 6.36. The maximum atomic E-state index is 11.0. The van der Waals surface area contributed by atoms with Crippen molar-refractivity contribution in [3.8, 4) is 11.5 Å². The normalized spacial score (nSPS) is 11.2. The third-order valence-electron chi connectivity index (χ3n) is 2.52. The molecule has 0 aliphatic carbocycles. The molecule has 0 radical (unpaired) electrons. The van der Waals surface area contributed by atoms with E-state index in [9.17, 15) is 10.1 Å². The zero-order valence-electron chi connectivity index (χ0n) is 10.4. The SMILES string of the molecule is N/C(=N/O)c1ccncc1Oc1c(Br)cccc1[N+](=O)[O-]. The second kappa shape index (κ2) is 6.18. The van der Waals surface area contributed by atoms with Crippen LogP contribution >= 0.6 is 15.9 Å². The van der Waals surface area contributed by atoms with Gasteiger partial charge in [-0.1, -0.05) is 11.2 Å². The molecule has 21 heavy (non-hydrogen) atoms. The van der Waals surface area contributed by atoms with Crippen molar-refractivity contribution in [2.75, 3.05) is 0 Å². The minimum Gasteiger partial charge on any atom is -0.447 e. The largest absolute Gasteiger partial charge is 0.447 e. The molecule has 0 aliphatic heterocycles. The maximum absolute atomic E-state index is 11.0. The van der Waals surface area contributed by atoms with Crippen molar-refractivity contribution in [1.29, 1.82) is 0 Å². The number of aromatic nitrogens is 1. The summed E-state index contributed by atoms with van der Waals surface area (Å²) in [5.41, 5.74) is 5.57. The fourth-order valence-electron chi connectivity index (χ4n) is 1.58. The van der Waals surface area contributed by atoms with Gasteiger partial charge in [-0.3, -0.25) is 15.1 Å². The summed E-state index contributed by atoms with van der Waals surface area (Å²) in [6.07, 6.45) is 2.74. The van der Waals surface area contributed by atoms with Crippen LogP contribution in [0, 0.1) is 10.1 Å². The van der Waals surface area contributed by atoms with Gasteiger partial charge >= 0.3 is 5.69 Å². The minimum atomic E-state index is -0.570. The molecule has 0 spiro atoms. The smallest absolute Gasteiger partial charge is 0.312 e. The van der Waals surface area contributed by atoms with E-state index in [0.29, 0.717) is 4.47 Å². The number of oxime groups is 1. The molecule has 1 heterocycles. The highest BCUT2D eigenvalue weighted by atomic mass is 79.9. The van der Waals surface area contributed by atoms with Gasteiger partial charge in [0.25, 0.3) is 0 Å². The van der Waals surface area contributed by atoms with Crippen molar-refractivity contribution in [3.05, 3.63) is 56.8 Å². The molecule has 0 atom stereocenters. The van der Waals surface area contributed by atoms with Crippen LogP contribution in [0.25, 0.3) is 0 Å². The number of rotatable bonds is 4. The lowest BCUT2D eigenvalue weighted by molar-refractivity contribution is -0.385. The summed E-state index contributed by atoms with van der Waals surface area (Å²) in [4.78, 5) is 14.3. The molecule has 0 aliphatic rings. The number of amidine groups is 1. The molecule has 2 rings (SSSR count). The van der Waals surface area contributed by atoms with Gasteiger partial charge in [0.15, 0.2) is 11.6 Å². The second-order valence-corrected chi connectivity index (χ2v) is 4.66. The van der Waals surface area contributed by atoms with Crippen LogP contribution in [0.2, 0.25) is 0 Å². The van der Waals surface area contributed by atoms with Crippen molar-refractivity contribution < 1.29 is 14.9 Å². The lowest BCUT2D eigenvalue weighted by Crippen LogP contribution is -2.14. The molecule has 0 unspecified atom stereocenters. The first-order valence-electron chi connectivity index (χ1n) is 5.57. The summed E-state index contributed by atoms with van der Waals surface area (Å²) < 4.78 is 5.93. The third kappa shape index (κ3) is 3.08. The summed E-state index contributed by atoms with van der Waals surface area (Å²) in [7, 11) is 0. The molecular weight excluding hydrogens is 344 g/mol. The Morgan fingerprint density at radius 1 is 1.48 bits per heavy atom. The first-order chi connectivity index (χ1) is 10.0. The standard InChI is InChI=1S/C12H9BrN4O4/c13-8-2-1-3-9(17(19)20)11(8)21-10-6-15-5-4-7(10)12(14)16-18/h1-6,18H,(H2,14,16). The molecule has 2 aromatic rings. The predicted octanol–water partition coefficient (Wildman–Crippen LogP) is 2.64. The topological polar surface area (TPSA) is 124 Å². The molecule has 0 amide bonds. The Hall–Kier alpha value is -2.68. The molecule has 0 saturated heterocycles. The van der Waals surface area contributed by atoms with E-state index in [1.165, 1.54) is 30.6 Å². The van der Waals surface area contributed by atoms with Gasteiger partial charge in [-0.2, -0.15) is 0 Å². The Bertz CT molecular complexity index is 720. The number of benzene rings is 1. The Morgan fingerprint density at radius 2 is 2.24 bits per heavy atom. The van der Waals surface area contributed by atoms with Crippen LogP contribution in [-0.4, -0.2) is 21.0 Å². The van der Waals surface area contributed by atoms with Crippen LogP contribution < -0.4 is 10.5 Å². The average molecular weight is 353 g/mol. The van der Waals surface area contributed by atoms with Crippen molar-refractivity contribution in [2.24, 2.45) is 10.9 Å². The number of hydrogen-bond acceptors (Lipinski definition) is 6. The van der Waals surface area contributed by atoms with Gasteiger partial charge in [0.1, 0.15) is 0 Å². The van der Waals surface area contributed by atoms with Crippen molar-refractivity contribution in [2.45, 2.75) is 0 Å². The minimum absolute atomic E-state index is 0.00231. The Balaban J connectivity index is 2.52. The van der Waals surface area contributed by atoms with Gasteiger partial charge in [0.2, 0.25) is 5.75 Å². The van der Waals surface area contributed by atoms with Crippen LogP contribution in [0.15, 0.2) is 46.3 Å². The van der Waals surface area contributed by atoms with Crippen LogP contribution in [0.1, 0.15) is 5.56 Å². The van der Waals surface area contributed by atoms with Gasteiger partial charge in [-0.05, 0) is 28.1 Å². The Labute approximate surface area is 127 Å². The van der Waals surface area contributed by atoms with E-state index in [-0.39, 0.29) is 28.6 Å². The van der Waals surface area contributed by atoms with E-state index in [1.54, 1.807) is 6.07 Å². The summed E-state index contributed by atoms with van der Waals surface area (Å²) in [5.74, 6) is -0.0626. The van der Waals surface area contributed by atoms with E-state index < -0.39 is 4.92 Å². The monoisotopic (exact) mass is 352 g/mol. The van der Waals surface area contributed by atoms with Crippen molar-refractivity contribution in [3.63, 3.8) is 0 Å². The number of nitrogens with zero attached hydrogens (tertiary/aromatic N) is 3. The number of hydrogen-bond donors (Lipinski definition) is 2. The Kier molecular flexibility index (Phi) is 4.33. The third-order valence-corrected chi connectivity index (χ3v) is 3.15. The van der Waals surface area contributed by atoms with E-state index in [1.807, 2.05) is 0 Å². The number of nitrogens with two attached hydrogens (primary N) is 1. The van der Waals surface area contributed by atoms with E-state index in [4.69, 9.17) is 15.7 Å². The summed E-state index contributed by atoms with van der Waals surface area (Å²) in [6.45, 7) is 0. The lowest BCUT2D eigenvalue weighted by atomic mass is 10.2. The maximum Gasteiger partial charge on any atom is 0.312 e. The quantitative estimate of drug-likeness (QED) is 0.286. The molecule has 1 aromatic heterocycles. The zero-order valence-corrected chi connectivity index (χ0v) is 12.0. The number of para-hydroxylation sites is 1. The van der Waals surface area contributed by atoms with Crippen molar-refractivity contribution >= 4 is 27.5 Å². The predicted molar refractivity (Wildman–Crippen MR) is 77.6 cm³/mol. The molecule has 0 bridgehead atoms. The number of ether oxygens (including phenoxy) is 1. The average Bonchev–Trinajstić information content (AvgIpc) is 2.48. The zero-order chi connectivity index (χ0) is 15.4. The fourth-order valence-corrected chi connectivity index (χ4v) is 2.02. The number of nitro benzene ring substituents is 1. The van der Waals surface area contributed by atoms with Gasteiger partial charge in [0.05, 0.1) is 21.2 Å². The van der Waals surface area contributed by atoms with E-state index in [2.05, 4.69) is 26.1 Å². The lowest BCUT2D eigenvalue weighted by Gasteiger charge is -2.11. The van der Waals surface area contributed by atoms with Gasteiger partial charge in [0, 0.05) is 12.3 Å². The van der Waals surface area contributed by atoms with E-state index in [0.717, 1.165) is 0 Å². The fraction of sp³-hybridized carbons (Fsp3) is 0. The Morgan fingerprint density at radius 3 is 2.90 bits per heavy atom. The van der Waals surface area contributed by atoms with E-state index >= 15 is 0 Å². The molecule has 1 aromatic carbocycles. The number of nitro groups is 1. The van der Waals surface area contributed by atoms with Crippen LogP contribution in [0.4, 0.5) is 5.69 Å². The highest BCUT2D eigenvalue weighted by Crippen LogP contribution is 2.38. The summed E-state index contributed by atoms with van der Waals surface area (Å²) in [6, 6.07) is 5.89. The first kappa shape index (κ1) is 14.7. The molecule has 3 N–H and O–H groups in total. The van der Waals surface area contributed by atoms with Crippen LogP contribution in [0.5, 0.6) is 11.5 Å². The van der Waals surface area contributed by atoms with Gasteiger partial charge in [-0.15, -0.1) is 0 Å². The van der Waals surface area contributed by atoms with Gasteiger partial charge < -0.3 is 15.7 Å². The molecule has 0 fully saturated rings. The van der Waals surface area contributed by atoms with Crippen LogP contribution in [-0.2, 0) is 0 Å². The molecule has 9 heteroatoms. The van der Waals surface area contributed by atoms with Gasteiger partial charge in [-0.25, -0.2) is 0 Å². The molecular formula is C12H9BrN4O4. The highest BCUT2D eigenvalue weighted by molar-refractivity contribution is 9.10. The highest BCUT2D eigenvalue weighted by Gasteiger charge is 2.20. The molecule has 108 valence electrons. The molecule has 0 saturated carbocycles. The second-order valence-electron chi connectivity index (χ2n) is 3.80. The molecule has 8 nitrogen and oxygen atoms in total. The van der Waals surface area contributed by atoms with Crippen LogP contribution in [0.3, 0.4) is 0 Å². The van der Waals surface area contributed by atoms with Crippen molar-refractivity contribution in [1.82, 2.24) is 4.98 Å². The summed E-state index contributed by atoms with van der Waals surface area (Å²) in [5, 5.41) is 22.7.